The van der Waals surface area contributed by atoms with Crippen LogP contribution in [0.1, 0.15) is 18.4 Å². The second-order valence-corrected chi connectivity index (χ2v) is 6.35. The fourth-order valence-corrected chi connectivity index (χ4v) is 2.73. The molecule has 0 unspecified atom stereocenters. The highest BCUT2D eigenvalue weighted by molar-refractivity contribution is 7.86. The fraction of sp³-hybridized carbons (Fsp3) is 0.429. The van der Waals surface area contributed by atoms with Gasteiger partial charge < -0.3 is 4.74 Å². The normalized spacial score (nSPS) is 17.2. The van der Waals surface area contributed by atoms with E-state index in [1.54, 1.807) is 12.1 Å². The number of nitriles is 1. The van der Waals surface area contributed by atoms with E-state index < -0.39 is 10.1 Å². The van der Waals surface area contributed by atoms with E-state index in [0.29, 0.717) is 26.1 Å². The van der Waals surface area contributed by atoms with Crippen LogP contribution in [0.3, 0.4) is 0 Å². The molecule has 7 heteroatoms. The van der Waals surface area contributed by atoms with Crippen LogP contribution < -0.4 is 0 Å². The van der Waals surface area contributed by atoms with Crippen molar-refractivity contribution < 1.29 is 17.4 Å². The molecule has 2 rings (SSSR count). The first kappa shape index (κ1) is 15.5. The van der Waals surface area contributed by atoms with Crippen molar-refractivity contribution in [2.24, 2.45) is 11.1 Å². The first-order valence-corrected chi connectivity index (χ1v) is 8.00. The van der Waals surface area contributed by atoms with Gasteiger partial charge in [-0.15, -0.1) is 0 Å². The number of ether oxygens (including phenoxy) is 1. The molecular formula is C14H16N2O4S. The van der Waals surface area contributed by atoms with Gasteiger partial charge in [0.05, 0.1) is 0 Å². The molecule has 0 bridgehead atoms. The highest BCUT2D eigenvalue weighted by Crippen LogP contribution is 2.18. The predicted octanol–water partition coefficient (Wildman–Crippen LogP) is 2.01. The minimum atomic E-state index is -3.99. The van der Waals surface area contributed by atoms with Crippen molar-refractivity contribution in [3.63, 3.8) is 0 Å². The Hall–Kier alpha value is -1.91. The molecule has 0 N–H and O–H groups in total. The van der Waals surface area contributed by atoms with Gasteiger partial charge in [0, 0.05) is 19.1 Å². The molecule has 1 aliphatic heterocycles. The minimum Gasteiger partial charge on any atom is -0.381 e. The summed E-state index contributed by atoms with van der Waals surface area (Å²) in [6.45, 7) is 2.93. The summed E-state index contributed by atoms with van der Waals surface area (Å²) in [5.41, 5.74) is 1.03. The van der Waals surface area contributed by atoms with Crippen LogP contribution in [-0.2, 0) is 19.1 Å². The third-order valence-electron chi connectivity index (χ3n) is 3.27. The van der Waals surface area contributed by atoms with Crippen LogP contribution in [0, 0.1) is 24.2 Å². The van der Waals surface area contributed by atoms with Crippen LogP contribution in [0.25, 0.3) is 0 Å². The SMILES string of the molecule is Cc1ccc(S(=O)(=O)O/N=C(\C#N)C2CCOCC2)cc1. The lowest BCUT2D eigenvalue weighted by Crippen LogP contribution is -2.23. The third kappa shape index (κ3) is 4.03. The van der Waals surface area contributed by atoms with Crippen molar-refractivity contribution in [2.45, 2.75) is 24.7 Å². The summed E-state index contributed by atoms with van der Waals surface area (Å²) in [7, 11) is -3.99. The molecule has 1 aliphatic rings. The Morgan fingerprint density at radius 2 is 1.95 bits per heavy atom. The molecule has 0 atom stereocenters. The highest BCUT2D eigenvalue weighted by atomic mass is 32.2. The van der Waals surface area contributed by atoms with Gasteiger partial charge in [0.25, 0.3) is 0 Å². The van der Waals surface area contributed by atoms with Crippen molar-refractivity contribution in [3.05, 3.63) is 29.8 Å². The molecule has 1 heterocycles. The number of benzene rings is 1. The molecular weight excluding hydrogens is 292 g/mol. The van der Waals surface area contributed by atoms with E-state index in [0.717, 1.165) is 5.56 Å². The standard InChI is InChI=1S/C14H16N2O4S/c1-11-2-4-13(5-3-11)21(17,18)20-16-14(10-15)12-6-8-19-9-7-12/h2-5,12H,6-9H2,1H3/b16-14+. The molecule has 1 fully saturated rings. The van der Waals surface area contributed by atoms with Crippen molar-refractivity contribution >= 4 is 15.8 Å². The number of nitrogens with zero attached hydrogens (tertiary/aromatic N) is 2. The van der Waals surface area contributed by atoms with Crippen LogP contribution in [0.15, 0.2) is 34.3 Å². The number of hydrogen-bond donors (Lipinski definition) is 0. The summed E-state index contributed by atoms with van der Waals surface area (Å²) in [6.07, 6.45) is 1.28. The van der Waals surface area contributed by atoms with Crippen molar-refractivity contribution in [1.29, 1.82) is 5.26 Å². The monoisotopic (exact) mass is 308 g/mol. The Morgan fingerprint density at radius 3 is 2.52 bits per heavy atom. The summed E-state index contributed by atoms with van der Waals surface area (Å²) < 4.78 is 33.8. The molecule has 1 aromatic carbocycles. The zero-order valence-electron chi connectivity index (χ0n) is 11.7. The Bertz CT molecular complexity index is 653. The molecule has 21 heavy (non-hydrogen) atoms. The molecule has 0 spiro atoms. The van der Waals surface area contributed by atoms with Gasteiger partial charge >= 0.3 is 10.1 Å². The van der Waals surface area contributed by atoms with Crippen molar-refractivity contribution in [2.75, 3.05) is 13.2 Å². The zero-order chi connectivity index (χ0) is 15.3. The predicted molar refractivity (Wildman–Crippen MR) is 76.0 cm³/mol. The van der Waals surface area contributed by atoms with Crippen LogP contribution in [0.4, 0.5) is 0 Å². The molecule has 1 aromatic rings. The Labute approximate surface area is 124 Å². The van der Waals surface area contributed by atoms with Crippen LogP contribution in [0.5, 0.6) is 0 Å². The highest BCUT2D eigenvalue weighted by Gasteiger charge is 2.22. The van der Waals surface area contributed by atoms with E-state index in [1.165, 1.54) is 12.1 Å². The summed E-state index contributed by atoms with van der Waals surface area (Å²) in [6, 6.07) is 8.14. The quantitative estimate of drug-likeness (QED) is 0.627. The van der Waals surface area contributed by atoms with E-state index in [2.05, 4.69) is 9.44 Å². The minimum absolute atomic E-state index is 0.0149. The first-order chi connectivity index (χ1) is 10.0. The van der Waals surface area contributed by atoms with Crippen LogP contribution >= 0.6 is 0 Å². The lowest BCUT2D eigenvalue weighted by molar-refractivity contribution is 0.0825. The van der Waals surface area contributed by atoms with E-state index >= 15 is 0 Å². The van der Waals surface area contributed by atoms with Gasteiger partial charge in [-0.2, -0.15) is 13.7 Å². The number of aryl methyl sites for hydroxylation is 1. The second kappa shape index (κ2) is 6.70. The molecule has 6 nitrogen and oxygen atoms in total. The summed E-state index contributed by atoms with van der Waals surface area (Å²) in [4.78, 5) is 0.0149. The van der Waals surface area contributed by atoms with Crippen molar-refractivity contribution in [1.82, 2.24) is 0 Å². The number of hydrogen-bond acceptors (Lipinski definition) is 6. The lowest BCUT2D eigenvalue weighted by Gasteiger charge is -2.19. The lowest BCUT2D eigenvalue weighted by atomic mass is 9.96. The van der Waals surface area contributed by atoms with Gasteiger partial charge in [0.2, 0.25) is 0 Å². The Kier molecular flexibility index (Phi) is 4.94. The van der Waals surface area contributed by atoms with E-state index in [4.69, 9.17) is 10.00 Å². The average molecular weight is 308 g/mol. The average Bonchev–Trinajstić information content (AvgIpc) is 2.49. The smallest absolute Gasteiger partial charge is 0.358 e. The maximum Gasteiger partial charge on any atom is 0.358 e. The van der Waals surface area contributed by atoms with Gasteiger partial charge in [-0.1, -0.05) is 22.9 Å². The van der Waals surface area contributed by atoms with Gasteiger partial charge in [-0.3, -0.25) is 4.28 Å². The van der Waals surface area contributed by atoms with Crippen molar-refractivity contribution in [3.8, 4) is 6.07 Å². The van der Waals surface area contributed by atoms with Gasteiger partial charge in [-0.25, -0.2) is 0 Å². The molecule has 0 radical (unpaired) electrons. The third-order valence-corrected chi connectivity index (χ3v) is 4.39. The molecule has 0 saturated carbocycles. The van der Waals surface area contributed by atoms with Crippen LogP contribution in [-0.4, -0.2) is 27.3 Å². The largest absolute Gasteiger partial charge is 0.381 e. The van der Waals surface area contributed by atoms with E-state index in [1.807, 2.05) is 13.0 Å². The Morgan fingerprint density at radius 1 is 1.33 bits per heavy atom. The molecule has 0 amide bonds. The summed E-state index contributed by atoms with van der Waals surface area (Å²) in [5, 5.41) is 12.6. The van der Waals surface area contributed by atoms with Crippen LogP contribution in [0.2, 0.25) is 0 Å². The number of oxime groups is 1. The Balaban J connectivity index is 2.13. The second-order valence-electron chi connectivity index (χ2n) is 4.82. The topological polar surface area (TPSA) is 88.8 Å². The maximum absolute atomic E-state index is 12.0. The van der Waals surface area contributed by atoms with E-state index in [-0.39, 0.29) is 16.5 Å². The van der Waals surface area contributed by atoms with Gasteiger partial charge in [0.15, 0.2) is 5.71 Å². The van der Waals surface area contributed by atoms with E-state index in [9.17, 15) is 8.42 Å². The fourth-order valence-electron chi connectivity index (χ4n) is 1.99. The molecule has 1 saturated heterocycles. The van der Waals surface area contributed by atoms with Gasteiger partial charge in [-0.05, 0) is 31.9 Å². The first-order valence-electron chi connectivity index (χ1n) is 6.59. The molecule has 112 valence electrons. The maximum atomic E-state index is 12.0. The zero-order valence-corrected chi connectivity index (χ0v) is 12.5. The van der Waals surface area contributed by atoms with Gasteiger partial charge in [0.1, 0.15) is 11.0 Å². The molecule has 0 aromatic heterocycles. The summed E-state index contributed by atoms with van der Waals surface area (Å²) >= 11 is 0. The number of rotatable bonds is 4. The molecule has 0 aliphatic carbocycles. The summed E-state index contributed by atoms with van der Waals surface area (Å²) in [5.74, 6) is -0.114.